The molecule has 180 valence electrons. The van der Waals surface area contributed by atoms with E-state index in [9.17, 15) is 14.0 Å². The number of aryl methyl sites for hydroxylation is 1. The maximum atomic E-state index is 13.5. The number of benzene rings is 2. The van der Waals surface area contributed by atoms with Crippen molar-refractivity contribution in [2.75, 3.05) is 26.8 Å². The lowest BCUT2D eigenvalue weighted by atomic mass is 9.84. The first-order chi connectivity index (χ1) is 16.3. The largest absolute Gasteiger partial charge is 0.513 e. The van der Waals surface area contributed by atoms with Crippen LogP contribution < -0.4 is 5.32 Å². The summed E-state index contributed by atoms with van der Waals surface area (Å²) in [7, 11) is 1.61. The minimum Gasteiger partial charge on any atom is -0.434 e. The zero-order chi connectivity index (χ0) is 24.5. The van der Waals surface area contributed by atoms with E-state index < -0.39 is 11.7 Å². The van der Waals surface area contributed by atoms with Crippen LogP contribution in [0.4, 0.5) is 9.18 Å². The molecule has 2 aromatic carbocycles. The summed E-state index contributed by atoms with van der Waals surface area (Å²) in [6.07, 6.45) is 0.186. The van der Waals surface area contributed by atoms with Gasteiger partial charge in [-0.2, -0.15) is 5.06 Å². The molecular weight excluding hydrogens is 439 g/mol. The van der Waals surface area contributed by atoms with Crippen molar-refractivity contribution in [2.45, 2.75) is 39.2 Å². The summed E-state index contributed by atoms with van der Waals surface area (Å²) in [4.78, 5) is 31.2. The second kappa shape index (κ2) is 9.56. The van der Waals surface area contributed by atoms with E-state index in [4.69, 9.17) is 14.3 Å². The summed E-state index contributed by atoms with van der Waals surface area (Å²) in [6, 6.07) is 10.1. The van der Waals surface area contributed by atoms with Gasteiger partial charge in [-0.25, -0.2) is 9.18 Å². The summed E-state index contributed by atoms with van der Waals surface area (Å²) in [6.45, 7) is 6.81. The quantitative estimate of drug-likeness (QED) is 0.651. The SMILES string of the molecule is CCOC(=O)OC1=C(c2c(C)ccc(-c3ccc(F)cc3)c2C)C(=O)NC12CCN(OC)CC2. The average Bonchev–Trinajstić information content (AvgIpc) is 3.06. The fourth-order valence-corrected chi connectivity index (χ4v) is 4.86. The van der Waals surface area contributed by atoms with Gasteiger partial charge in [-0.15, -0.1) is 0 Å². The van der Waals surface area contributed by atoms with Crippen molar-refractivity contribution in [2.24, 2.45) is 0 Å². The van der Waals surface area contributed by atoms with Crippen LogP contribution in [0.1, 0.15) is 36.5 Å². The number of rotatable bonds is 5. The van der Waals surface area contributed by atoms with Crippen molar-refractivity contribution < 1.29 is 28.3 Å². The molecule has 0 aliphatic carbocycles. The van der Waals surface area contributed by atoms with Crippen LogP contribution in [-0.4, -0.2) is 49.5 Å². The van der Waals surface area contributed by atoms with Crippen LogP contribution in [0, 0.1) is 19.7 Å². The van der Waals surface area contributed by atoms with Crippen molar-refractivity contribution >= 4 is 17.6 Å². The highest BCUT2D eigenvalue weighted by molar-refractivity contribution is 6.24. The number of ether oxygens (including phenoxy) is 2. The van der Waals surface area contributed by atoms with Crippen LogP contribution in [0.2, 0.25) is 0 Å². The van der Waals surface area contributed by atoms with E-state index in [0.717, 1.165) is 22.3 Å². The molecule has 8 heteroatoms. The molecule has 0 radical (unpaired) electrons. The number of hydrogen-bond donors (Lipinski definition) is 1. The summed E-state index contributed by atoms with van der Waals surface area (Å²) < 4.78 is 24.3. The van der Waals surface area contributed by atoms with Gasteiger partial charge < -0.3 is 19.6 Å². The second-order valence-electron chi connectivity index (χ2n) is 8.57. The number of nitrogens with zero attached hydrogens (tertiary/aromatic N) is 1. The molecule has 2 heterocycles. The zero-order valence-corrected chi connectivity index (χ0v) is 19.9. The normalized spacial score (nSPS) is 17.7. The van der Waals surface area contributed by atoms with Crippen LogP contribution in [0.15, 0.2) is 42.2 Å². The van der Waals surface area contributed by atoms with E-state index >= 15 is 0 Å². The van der Waals surface area contributed by atoms with Gasteiger partial charge in [0.1, 0.15) is 11.4 Å². The van der Waals surface area contributed by atoms with Crippen LogP contribution >= 0.6 is 0 Å². The molecule has 7 nitrogen and oxygen atoms in total. The van der Waals surface area contributed by atoms with Crippen LogP contribution in [-0.2, 0) is 19.1 Å². The van der Waals surface area contributed by atoms with Crippen molar-refractivity contribution in [3.63, 3.8) is 0 Å². The molecular formula is C26H29FN2O5. The maximum absolute atomic E-state index is 13.5. The van der Waals surface area contributed by atoms with E-state index in [1.165, 1.54) is 12.1 Å². The van der Waals surface area contributed by atoms with Crippen molar-refractivity contribution in [3.8, 4) is 11.1 Å². The topological polar surface area (TPSA) is 77.1 Å². The van der Waals surface area contributed by atoms with Crippen molar-refractivity contribution in [1.29, 1.82) is 0 Å². The average molecular weight is 469 g/mol. The Morgan fingerprint density at radius 2 is 1.79 bits per heavy atom. The lowest BCUT2D eigenvalue weighted by Gasteiger charge is -2.38. The highest BCUT2D eigenvalue weighted by Gasteiger charge is 2.50. The Hall–Kier alpha value is -3.23. The lowest BCUT2D eigenvalue weighted by Crippen LogP contribution is -2.53. The Balaban J connectivity index is 1.87. The van der Waals surface area contributed by atoms with Gasteiger partial charge in [0.05, 0.1) is 19.3 Å². The first-order valence-electron chi connectivity index (χ1n) is 11.4. The van der Waals surface area contributed by atoms with E-state index in [1.807, 2.05) is 31.0 Å². The van der Waals surface area contributed by atoms with Gasteiger partial charge in [0, 0.05) is 13.1 Å². The molecule has 0 atom stereocenters. The summed E-state index contributed by atoms with van der Waals surface area (Å²) >= 11 is 0. The van der Waals surface area contributed by atoms with E-state index in [1.54, 1.807) is 26.2 Å². The Kier molecular flexibility index (Phi) is 6.72. The van der Waals surface area contributed by atoms with Gasteiger partial charge in [-0.1, -0.05) is 24.3 Å². The molecule has 1 saturated heterocycles. The minimum atomic E-state index is -0.843. The van der Waals surface area contributed by atoms with E-state index in [0.29, 0.717) is 37.1 Å². The van der Waals surface area contributed by atoms with Gasteiger partial charge in [-0.05, 0) is 73.6 Å². The van der Waals surface area contributed by atoms with Gasteiger partial charge in [0.15, 0.2) is 5.76 Å². The summed E-state index contributed by atoms with van der Waals surface area (Å²) in [5, 5.41) is 4.91. The Morgan fingerprint density at radius 1 is 1.12 bits per heavy atom. The predicted octanol–water partition coefficient (Wildman–Crippen LogP) is 4.52. The Morgan fingerprint density at radius 3 is 2.41 bits per heavy atom. The molecule has 2 aromatic rings. The first kappa shape index (κ1) is 23.9. The number of halogens is 1. The predicted molar refractivity (Wildman–Crippen MR) is 125 cm³/mol. The van der Waals surface area contributed by atoms with Crippen molar-refractivity contribution in [3.05, 3.63) is 64.7 Å². The number of carbonyl (C=O) groups excluding carboxylic acids is 2. The smallest absolute Gasteiger partial charge is 0.434 e. The first-order valence-corrected chi connectivity index (χ1v) is 11.4. The standard InChI is InChI=1S/C26H29FN2O5/c1-5-33-25(31)34-23-22(24(30)28-26(23)12-14-29(32-4)15-13-26)21-16(2)6-11-20(17(21)3)18-7-9-19(27)10-8-18/h6-11H,5,12-15H2,1-4H3,(H,28,30). The molecule has 1 amide bonds. The van der Waals surface area contributed by atoms with Crippen molar-refractivity contribution in [1.82, 2.24) is 10.4 Å². The van der Waals surface area contributed by atoms with Crippen LogP contribution in [0.3, 0.4) is 0 Å². The third kappa shape index (κ3) is 4.31. The number of hydrogen-bond acceptors (Lipinski definition) is 6. The Bertz CT molecular complexity index is 1130. The minimum absolute atomic E-state index is 0.158. The fourth-order valence-electron chi connectivity index (χ4n) is 4.86. The number of carbonyl (C=O) groups is 2. The molecule has 2 aliphatic heterocycles. The van der Waals surface area contributed by atoms with Gasteiger partial charge in [0.2, 0.25) is 0 Å². The fraction of sp³-hybridized carbons (Fsp3) is 0.385. The zero-order valence-electron chi connectivity index (χ0n) is 19.9. The summed E-state index contributed by atoms with van der Waals surface area (Å²) in [5.74, 6) is -0.331. The van der Waals surface area contributed by atoms with Crippen LogP contribution in [0.5, 0.6) is 0 Å². The molecule has 0 unspecified atom stereocenters. The van der Waals surface area contributed by atoms with E-state index in [-0.39, 0.29) is 24.1 Å². The number of amides is 1. The monoisotopic (exact) mass is 468 g/mol. The third-order valence-electron chi connectivity index (χ3n) is 6.60. The lowest BCUT2D eigenvalue weighted by molar-refractivity contribution is -0.152. The second-order valence-corrected chi connectivity index (χ2v) is 8.57. The number of hydroxylamine groups is 2. The van der Waals surface area contributed by atoms with Gasteiger partial charge >= 0.3 is 6.16 Å². The molecule has 0 bridgehead atoms. The number of piperidine rings is 1. The molecule has 34 heavy (non-hydrogen) atoms. The maximum Gasteiger partial charge on any atom is 0.513 e. The molecule has 1 N–H and O–H groups in total. The highest BCUT2D eigenvalue weighted by Crippen LogP contribution is 2.43. The molecule has 2 aliphatic rings. The Labute approximate surface area is 198 Å². The molecule has 1 fully saturated rings. The molecule has 1 spiro atoms. The molecule has 0 aromatic heterocycles. The molecule has 4 rings (SSSR count). The summed E-state index contributed by atoms with van der Waals surface area (Å²) in [5.41, 5.74) is 3.60. The number of nitrogens with one attached hydrogen (secondary N) is 1. The highest BCUT2D eigenvalue weighted by atomic mass is 19.1. The van der Waals surface area contributed by atoms with Gasteiger partial charge in [-0.3, -0.25) is 4.79 Å². The molecule has 0 saturated carbocycles. The van der Waals surface area contributed by atoms with E-state index in [2.05, 4.69) is 5.32 Å². The van der Waals surface area contributed by atoms with Gasteiger partial charge in [0.25, 0.3) is 5.91 Å². The van der Waals surface area contributed by atoms with Crippen LogP contribution in [0.25, 0.3) is 16.7 Å². The third-order valence-corrected chi connectivity index (χ3v) is 6.60.